The number of nitrogens with zero attached hydrogens (tertiary/aromatic N) is 1. The maximum atomic E-state index is 12.0. The molecule has 1 N–H and O–H groups in total. The van der Waals surface area contributed by atoms with Crippen LogP contribution in [0.4, 0.5) is 4.79 Å². The van der Waals surface area contributed by atoms with Crippen molar-refractivity contribution in [2.75, 3.05) is 7.05 Å². The van der Waals surface area contributed by atoms with Crippen LogP contribution >= 0.6 is 56.8 Å². The Morgan fingerprint density at radius 1 is 1.19 bits per heavy atom. The van der Waals surface area contributed by atoms with E-state index >= 15 is 0 Å². The lowest BCUT2D eigenvalue weighted by Crippen LogP contribution is -2.25. The number of carbonyl (C=O) groups is 2. The van der Waals surface area contributed by atoms with Crippen molar-refractivity contribution in [2.45, 2.75) is 6.61 Å². The fourth-order valence-corrected chi connectivity index (χ4v) is 4.67. The van der Waals surface area contributed by atoms with E-state index in [4.69, 9.17) is 16.3 Å². The van der Waals surface area contributed by atoms with Crippen molar-refractivity contribution >= 4 is 74.8 Å². The number of nitrogens with one attached hydrogen (secondary N) is 1. The summed E-state index contributed by atoms with van der Waals surface area (Å²) in [5, 5.41) is 3.22. The van der Waals surface area contributed by atoms with Crippen molar-refractivity contribution in [2.24, 2.45) is 0 Å². The summed E-state index contributed by atoms with van der Waals surface area (Å²) in [4.78, 5) is 24.6. The van der Waals surface area contributed by atoms with Gasteiger partial charge in [0, 0.05) is 17.6 Å². The molecule has 3 amide bonds. The maximum Gasteiger partial charge on any atom is 0.328 e. The third kappa shape index (κ3) is 4.15. The molecule has 0 aliphatic carbocycles. The van der Waals surface area contributed by atoms with E-state index in [0.717, 1.165) is 28.9 Å². The van der Waals surface area contributed by atoms with Crippen LogP contribution in [-0.4, -0.2) is 23.9 Å². The molecule has 0 spiro atoms. The zero-order valence-corrected chi connectivity index (χ0v) is 18.6. The van der Waals surface area contributed by atoms with E-state index in [-0.39, 0.29) is 11.6 Å². The minimum absolute atomic E-state index is 0.258. The van der Waals surface area contributed by atoms with Crippen molar-refractivity contribution in [1.29, 1.82) is 0 Å². The van der Waals surface area contributed by atoms with Gasteiger partial charge in [-0.2, -0.15) is 0 Å². The van der Waals surface area contributed by atoms with E-state index in [0.29, 0.717) is 11.6 Å². The van der Waals surface area contributed by atoms with Gasteiger partial charge in [-0.25, -0.2) is 4.79 Å². The van der Waals surface area contributed by atoms with Gasteiger partial charge in [-0.15, -0.1) is 0 Å². The van der Waals surface area contributed by atoms with E-state index in [2.05, 4.69) is 50.5 Å². The molecule has 5 nitrogen and oxygen atoms in total. The van der Waals surface area contributed by atoms with Crippen LogP contribution in [0.1, 0.15) is 11.1 Å². The highest BCUT2D eigenvalue weighted by molar-refractivity contribution is 14.1. The lowest BCUT2D eigenvalue weighted by Gasteiger charge is -2.12. The second-order valence-corrected chi connectivity index (χ2v) is 8.28. The molecule has 1 heterocycles. The Balaban J connectivity index is 1.82. The van der Waals surface area contributed by atoms with Gasteiger partial charge in [0.15, 0.2) is 0 Å². The molecule has 0 radical (unpaired) electrons. The van der Waals surface area contributed by atoms with Crippen molar-refractivity contribution in [3.05, 3.63) is 65.4 Å². The van der Waals surface area contributed by atoms with Gasteiger partial charge >= 0.3 is 6.03 Å². The second-order valence-electron chi connectivity index (χ2n) is 5.55. The van der Waals surface area contributed by atoms with Crippen molar-refractivity contribution in [3.63, 3.8) is 0 Å². The molecule has 2 aromatic rings. The highest BCUT2D eigenvalue weighted by Crippen LogP contribution is 2.31. The van der Waals surface area contributed by atoms with Crippen molar-refractivity contribution in [1.82, 2.24) is 10.2 Å². The predicted molar refractivity (Wildman–Crippen MR) is 117 cm³/mol. The smallest absolute Gasteiger partial charge is 0.328 e. The second kappa shape index (κ2) is 8.13. The standard InChI is InChI=1S/C18H13ClI2N2O3/c1-23-17(24)15(22-18(23)25)8-10-6-13(20)16(14(21)7-10)26-9-11-4-2-3-5-12(11)19/h2-8H,9H2,1H3,(H,22,25)/b15-8+. The number of hydrogen-bond donors (Lipinski definition) is 1. The molecule has 26 heavy (non-hydrogen) atoms. The summed E-state index contributed by atoms with van der Waals surface area (Å²) in [6.45, 7) is 0.367. The number of likely N-dealkylation sites (N-methyl/N-ethyl adjacent to an activating group) is 1. The number of carbonyl (C=O) groups excluding carboxylic acids is 2. The number of benzene rings is 2. The summed E-state index contributed by atoms with van der Waals surface area (Å²) in [6.07, 6.45) is 1.66. The zero-order chi connectivity index (χ0) is 18.8. The van der Waals surface area contributed by atoms with E-state index in [1.807, 2.05) is 36.4 Å². The normalized spacial score (nSPS) is 15.5. The lowest BCUT2D eigenvalue weighted by atomic mass is 10.2. The Bertz CT molecular complexity index is 907. The molecule has 134 valence electrons. The van der Waals surface area contributed by atoms with Crippen molar-refractivity contribution < 1.29 is 14.3 Å². The topological polar surface area (TPSA) is 58.6 Å². The quantitative estimate of drug-likeness (QED) is 0.319. The van der Waals surface area contributed by atoms with Crippen molar-refractivity contribution in [3.8, 4) is 5.75 Å². The van der Waals surface area contributed by atoms with Crippen LogP contribution < -0.4 is 10.1 Å². The Morgan fingerprint density at radius 2 is 1.85 bits per heavy atom. The highest BCUT2D eigenvalue weighted by Gasteiger charge is 2.30. The molecule has 3 rings (SSSR count). The molecule has 0 bridgehead atoms. The molecular formula is C18H13ClI2N2O3. The number of imide groups is 1. The number of hydrogen-bond acceptors (Lipinski definition) is 3. The molecule has 0 saturated carbocycles. The van der Waals surface area contributed by atoms with E-state index in [1.165, 1.54) is 7.05 Å². The first-order valence-corrected chi connectivity index (χ1v) is 10.1. The minimum Gasteiger partial charge on any atom is -0.487 e. The van der Waals surface area contributed by atoms with Gasteiger partial charge < -0.3 is 10.1 Å². The highest BCUT2D eigenvalue weighted by atomic mass is 127. The number of ether oxygens (including phenoxy) is 1. The van der Waals surface area contributed by atoms with Gasteiger partial charge in [0.1, 0.15) is 18.1 Å². The first-order valence-electron chi connectivity index (χ1n) is 7.53. The van der Waals surface area contributed by atoms with Crippen LogP contribution in [-0.2, 0) is 11.4 Å². The summed E-state index contributed by atoms with van der Waals surface area (Å²) >= 11 is 10.5. The first kappa shape index (κ1) is 19.4. The molecule has 0 atom stereocenters. The Hall–Kier alpha value is -1.33. The number of amides is 3. The molecular weight excluding hydrogens is 581 g/mol. The summed E-state index contributed by atoms with van der Waals surface area (Å²) in [7, 11) is 1.44. The minimum atomic E-state index is -0.426. The summed E-state index contributed by atoms with van der Waals surface area (Å²) < 4.78 is 7.75. The molecule has 8 heteroatoms. The van der Waals surface area contributed by atoms with Crippen LogP contribution in [0.15, 0.2) is 42.1 Å². The number of rotatable bonds is 4. The molecule has 0 aromatic heterocycles. The average Bonchev–Trinajstić information content (AvgIpc) is 2.82. The van der Waals surface area contributed by atoms with Gasteiger partial charge in [0.05, 0.1) is 7.14 Å². The van der Waals surface area contributed by atoms with Gasteiger partial charge in [-0.05, 0) is 75.0 Å². The Labute approximate surface area is 183 Å². The number of halogens is 3. The van der Waals surface area contributed by atoms with Crippen LogP contribution in [0.3, 0.4) is 0 Å². The van der Waals surface area contributed by atoms with Crippen LogP contribution in [0.5, 0.6) is 5.75 Å². The van der Waals surface area contributed by atoms with E-state index in [9.17, 15) is 9.59 Å². The van der Waals surface area contributed by atoms with E-state index in [1.54, 1.807) is 6.08 Å². The van der Waals surface area contributed by atoms with Crippen LogP contribution in [0.25, 0.3) is 6.08 Å². The summed E-state index contributed by atoms with van der Waals surface area (Å²) in [5.41, 5.74) is 1.98. The zero-order valence-electron chi connectivity index (χ0n) is 13.6. The Kier molecular flexibility index (Phi) is 6.08. The fraction of sp³-hybridized carbons (Fsp3) is 0.111. The molecule has 1 aliphatic rings. The molecule has 1 aliphatic heterocycles. The fourth-order valence-electron chi connectivity index (χ4n) is 2.36. The SMILES string of the molecule is CN1C(=O)N/C(=C/c2cc(I)c(OCc3ccccc3Cl)c(I)c2)C1=O. The first-order chi connectivity index (χ1) is 12.4. The van der Waals surface area contributed by atoms with Gasteiger partial charge in [0.2, 0.25) is 0 Å². The van der Waals surface area contributed by atoms with Crippen LogP contribution in [0.2, 0.25) is 5.02 Å². The number of urea groups is 1. The molecule has 0 unspecified atom stereocenters. The van der Waals surface area contributed by atoms with Gasteiger partial charge in [-0.3, -0.25) is 9.69 Å². The summed E-state index contributed by atoms with van der Waals surface area (Å²) in [5.74, 6) is 0.409. The molecule has 2 aromatic carbocycles. The Morgan fingerprint density at radius 3 is 2.42 bits per heavy atom. The van der Waals surface area contributed by atoms with Gasteiger partial charge in [-0.1, -0.05) is 29.8 Å². The van der Waals surface area contributed by atoms with Crippen LogP contribution in [0, 0.1) is 7.14 Å². The monoisotopic (exact) mass is 594 g/mol. The largest absolute Gasteiger partial charge is 0.487 e. The molecule has 1 fully saturated rings. The average molecular weight is 595 g/mol. The lowest BCUT2D eigenvalue weighted by molar-refractivity contribution is -0.121. The van der Waals surface area contributed by atoms with E-state index < -0.39 is 6.03 Å². The molecule has 1 saturated heterocycles. The third-order valence-electron chi connectivity index (χ3n) is 3.74. The summed E-state index contributed by atoms with van der Waals surface area (Å²) in [6, 6.07) is 10.9. The van der Waals surface area contributed by atoms with Gasteiger partial charge in [0.25, 0.3) is 5.91 Å². The maximum absolute atomic E-state index is 12.0. The third-order valence-corrected chi connectivity index (χ3v) is 5.71. The predicted octanol–water partition coefficient (Wildman–Crippen LogP) is 4.65.